The van der Waals surface area contributed by atoms with E-state index in [1.807, 2.05) is 29.1 Å². The van der Waals surface area contributed by atoms with E-state index in [4.69, 9.17) is 10.8 Å². The molecule has 3 heterocycles. The summed E-state index contributed by atoms with van der Waals surface area (Å²) in [7, 11) is 0. The largest absolute Gasteiger partial charge is 0.368 e. The Labute approximate surface area is 147 Å². The van der Waals surface area contributed by atoms with Gasteiger partial charge in [0, 0.05) is 49.1 Å². The average Bonchev–Trinajstić information content (AvgIpc) is 2.91. The zero-order valence-corrected chi connectivity index (χ0v) is 14.6. The minimum atomic E-state index is 0.364. The van der Waals surface area contributed by atoms with Crippen LogP contribution in [-0.2, 0) is 19.5 Å². The third kappa shape index (κ3) is 3.00. The van der Waals surface area contributed by atoms with Crippen molar-refractivity contribution in [3.05, 3.63) is 64.7 Å². The highest BCUT2D eigenvalue weighted by molar-refractivity contribution is 5.37. The van der Waals surface area contributed by atoms with Gasteiger partial charge in [-0.25, -0.2) is 14.6 Å². The van der Waals surface area contributed by atoms with Gasteiger partial charge in [0.25, 0.3) is 0 Å². The molecule has 0 bridgehead atoms. The van der Waals surface area contributed by atoms with Gasteiger partial charge >= 0.3 is 0 Å². The Hall–Kier alpha value is -2.73. The van der Waals surface area contributed by atoms with Gasteiger partial charge in [0.05, 0.1) is 17.1 Å². The van der Waals surface area contributed by atoms with Crippen LogP contribution in [0.4, 0.5) is 5.95 Å². The molecule has 1 aliphatic heterocycles. The second-order valence-electron chi connectivity index (χ2n) is 6.56. The molecule has 2 N–H and O–H groups in total. The van der Waals surface area contributed by atoms with Gasteiger partial charge in [-0.2, -0.15) is 5.10 Å². The van der Waals surface area contributed by atoms with Crippen LogP contribution in [0.1, 0.15) is 28.2 Å². The molecule has 1 aliphatic rings. The topological polar surface area (TPSA) is 72.9 Å². The molecule has 0 aliphatic carbocycles. The van der Waals surface area contributed by atoms with Crippen LogP contribution in [0.25, 0.3) is 5.69 Å². The summed E-state index contributed by atoms with van der Waals surface area (Å²) in [6, 6.07) is 10.3. The Morgan fingerprint density at radius 2 is 1.96 bits per heavy atom. The molecule has 128 valence electrons. The van der Waals surface area contributed by atoms with Crippen molar-refractivity contribution in [2.45, 2.75) is 33.4 Å². The summed E-state index contributed by atoms with van der Waals surface area (Å²) in [6.07, 6.45) is 2.77. The molecule has 0 fully saturated rings. The maximum absolute atomic E-state index is 5.69. The van der Waals surface area contributed by atoms with Crippen molar-refractivity contribution in [3.8, 4) is 5.69 Å². The lowest BCUT2D eigenvalue weighted by Crippen LogP contribution is -2.31. The first kappa shape index (κ1) is 15.8. The first-order valence-electron chi connectivity index (χ1n) is 8.55. The lowest BCUT2D eigenvalue weighted by atomic mass is 10.1. The molecule has 0 amide bonds. The normalized spacial score (nSPS) is 14.5. The molecule has 1 aromatic carbocycles. The van der Waals surface area contributed by atoms with Crippen LogP contribution in [0.5, 0.6) is 0 Å². The quantitative estimate of drug-likeness (QED) is 0.796. The molecule has 25 heavy (non-hydrogen) atoms. The highest BCUT2D eigenvalue weighted by atomic mass is 15.3. The van der Waals surface area contributed by atoms with Crippen LogP contribution < -0.4 is 5.73 Å². The molecule has 0 atom stereocenters. The predicted molar refractivity (Wildman–Crippen MR) is 97.3 cm³/mol. The van der Waals surface area contributed by atoms with E-state index < -0.39 is 0 Å². The third-order valence-electron chi connectivity index (χ3n) is 4.86. The van der Waals surface area contributed by atoms with E-state index in [-0.39, 0.29) is 0 Å². The predicted octanol–water partition coefficient (Wildman–Crippen LogP) is 2.42. The van der Waals surface area contributed by atoms with Crippen molar-refractivity contribution in [3.63, 3.8) is 0 Å². The Morgan fingerprint density at radius 3 is 2.76 bits per heavy atom. The molecule has 2 aromatic heterocycles. The minimum Gasteiger partial charge on any atom is -0.368 e. The molecule has 0 saturated carbocycles. The number of hydrogen-bond donors (Lipinski definition) is 1. The number of hydrogen-bond acceptors (Lipinski definition) is 5. The lowest BCUT2D eigenvalue weighted by Gasteiger charge is -2.28. The van der Waals surface area contributed by atoms with Crippen molar-refractivity contribution in [1.82, 2.24) is 24.6 Å². The number of aromatic nitrogens is 4. The first-order valence-corrected chi connectivity index (χ1v) is 8.55. The lowest BCUT2D eigenvalue weighted by molar-refractivity contribution is 0.242. The van der Waals surface area contributed by atoms with Crippen LogP contribution in [0.3, 0.4) is 0 Å². The molecular weight excluding hydrogens is 312 g/mol. The highest BCUT2D eigenvalue weighted by Crippen LogP contribution is 2.23. The number of anilines is 1. The summed E-state index contributed by atoms with van der Waals surface area (Å²) in [5, 5.41) is 4.75. The molecule has 6 heteroatoms. The van der Waals surface area contributed by atoms with E-state index in [2.05, 4.69) is 40.8 Å². The van der Waals surface area contributed by atoms with Gasteiger partial charge in [0.2, 0.25) is 5.95 Å². The van der Waals surface area contributed by atoms with E-state index in [0.717, 1.165) is 43.1 Å². The SMILES string of the molecule is Cc1nn(-c2ccccc2)c(C)c1CN1CCc2nc(N)ncc2C1. The fraction of sp³-hybridized carbons (Fsp3) is 0.316. The Morgan fingerprint density at radius 1 is 1.16 bits per heavy atom. The zero-order chi connectivity index (χ0) is 17.4. The van der Waals surface area contributed by atoms with Gasteiger partial charge < -0.3 is 5.73 Å². The second-order valence-corrected chi connectivity index (χ2v) is 6.56. The summed E-state index contributed by atoms with van der Waals surface area (Å²) in [6.45, 7) is 6.94. The van der Waals surface area contributed by atoms with Gasteiger partial charge in [-0.3, -0.25) is 4.90 Å². The van der Waals surface area contributed by atoms with E-state index in [1.54, 1.807) is 0 Å². The Balaban J connectivity index is 1.58. The number of rotatable bonds is 3. The summed E-state index contributed by atoms with van der Waals surface area (Å²) in [4.78, 5) is 10.9. The third-order valence-corrected chi connectivity index (χ3v) is 4.86. The maximum Gasteiger partial charge on any atom is 0.220 e. The van der Waals surface area contributed by atoms with Crippen molar-refractivity contribution in [2.75, 3.05) is 12.3 Å². The summed E-state index contributed by atoms with van der Waals surface area (Å²) in [5.41, 5.74) is 12.6. The Kier molecular flexibility index (Phi) is 3.97. The van der Waals surface area contributed by atoms with Crippen LogP contribution in [0.2, 0.25) is 0 Å². The molecule has 6 nitrogen and oxygen atoms in total. The van der Waals surface area contributed by atoms with Gasteiger partial charge in [0.1, 0.15) is 0 Å². The molecule has 0 saturated heterocycles. The second kappa shape index (κ2) is 6.29. The van der Waals surface area contributed by atoms with Gasteiger partial charge in [-0.15, -0.1) is 0 Å². The van der Waals surface area contributed by atoms with E-state index in [0.29, 0.717) is 5.95 Å². The van der Waals surface area contributed by atoms with Gasteiger partial charge in [-0.1, -0.05) is 18.2 Å². The standard InChI is InChI=1S/C19H22N6/c1-13-17(14(2)25(23-13)16-6-4-3-5-7-16)12-24-9-8-18-15(11-24)10-21-19(20)22-18/h3-7,10H,8-9,11-12H2,1-2H3,(H2,20,21,22). The number of nitrogen functional groups attached to an aromatic ring is 1. The van der Waals surface area contributed by atoms with Gasteiger partial charge in [-0.05, 0) is 26.0 Å². The molecule has 3 aromatic rings. The molecule has 0 spiro atoms. The zero-order valence-electron chi connectivity index (χ0n) is 14.6. The number of para-hydroxylation sites is 1. The summed E-state index contributed by atoms with van der Waals surface area (Å²) >= 11 is 0. The fourth-order valence-corrected chi connectivity index (χ4v) is 3.47. The highest BCUT2D eigenvalue weighted by Gasteiger charge is 2.21. The van der Waals surface area contributed by atoms with Crippen molar-refractivity contribution in [2.24, 2.45) is 0 Å². The van der Waals surface area contributed by atoms with E-state index in [9.17, 15) is 0 Å². The fourth-order valence-electron chi connectivity index (χ4n) is 3.47. The average molecular weight is 334 g/mol. The first-order chi connectivity index (χ1) is 12.1. The maximum atomic E-state index is 5.69. The van der Waals surface area contributed by atoms with Crippen LogP contribution in [0.15, 0.2) is 36.5 Å². The molecule has 0 radical (unpaired) electrons. The molecule has 0 unspecified atom stereocenters. The number of aryl methyl sites for hydroxylation is 1. The summed E-state index contributed by atoms with van der Waals surface area (Å²) < 4.78 is 2.03. The van der Waals surface area contributed by atoms with Crippen molar-refractivity contribution in [1.29, 1.82) is 0 Å². The number of fused-ring (bicyclic) bond motifs is 1. The number of benzene rings is 1. The van der Waals surface area contributed by atoms with Crippen molar-refractivity contribution >= 4 is 5.95 Å². The van der Waals surface area contributed by atoms with Crippen LogP contribution in [-0.4, -0.2) is 31.2 Å². The number of nitrogens with two attached hydrogens (primary N) is 1. The monoisotopic (exact) mass is 334 g/mol. The Bertz CT molecular complexity index is 900. The van der Waals surface area contributed by atoms with Crippen LogP contribution >= 0.6 is 0 Å². The smallest absolute Gasteiger partial charge is 0.220 e. The van der Waals surface area contributed by atoms with E-state index >= 15 is 0 Å². The summed E-state index contributed by atoms with van der Waals surface area (Å²) in [5.74, 6) is 0.364. The minimum absolute atomic E-state index is 0.364. The van der Waals surface area contributed by atoms with Crippen LogP contribution in [0, 0.1) is 13.8 Å². The number of nitrogens with zero attached hydrogens (tertiary/aromatic N) is 5. The molecular formula is C19H22N6. The van der Waals surface area contributed by atoms with E-state index in [1.165, 1.54) is 16.8 Å². The van der Waals surface area contributed by atoms with Crippen molar-refractivity contribution < 1.29 is 0 Å². The van der Waals surface area contributed by atoms with Gasteiger partial charge in [0.15, 0.2) is 0 Å². The molecule has 4 rings (SSSR count).